The summed E-state index contributed by atoms with van der Waals surface area (Å²) in [7, 11) is 0. The van der Waals surface area contributed by atoms with E-state index in [4.69, 9.17) is 0 Å². The van der Waals surface area contributed by atoms with Crippen LogP contribution in [0.15, 0.2) is 24.3 Å². The van der Waals surface area contributed by atoms with E-state index in [0.717, 1.165) is 42.2 Å². The number of carbonyl (C=O) groups excluding carboxylic acids is 1. The Morgan fingerprint density at radius 2 is 2.05 bits per heavy atom. The van der Waals surface area contributed by atoms with Crippen molar-refractivity contribution in [3.8, 4) is 0 Å². The molecule has 3 rings (SSSR count). The van der Waals surface area contributed by atoms with Gasteiger partial charge in [0.05, 0.1) is 17.0 Å². The number of amides is 1. The molecule has 21 heavy (non-hydrogen) atoms. The number of carbonyl (C=O) groups is 1. The van der Waals surface area contributed by atoms with Gasteiger partial charge in [-0.25, -0.2) is 4.39 Å². The summed E-state index contributed by atoms with van der Waals surface area (Å²) in [5, 5.41) is 13.7. The molecule has 0 saturated heterocycles. The smallest absolute Gasteiger partial charge is 0.261 e. The SMILES string of the molecule is O=C(NC1CCCCCC1O)c1cc2cc(F)ccc2s1. The molecule has 2 unspecified atom stereocenters. The molecule has 0 spiro atoms. The van der Waals surface area contributed by atoms with Gasteiger partial charge < -0.3 is 10.4 Å². The molecule has 1 aliphatic carbocycles. The zero-order valence-corrected chi connectivity index (χ0v) is 12.5. The number of aliphatic hydroxyl groups is 1. The van der Waals surface area contributed by atoms with Crippen molar-refractivity contribution in [2.24, 2.45) is 0 Å². The molecule has 5 heteroatoms. The summed E-state index contributed by atoms with van der Waals surface area (Å²) in [5.74, 6) is -0.478. The average Bonchev–Trinajstić information content (AvgIpc) is 2.78. The molecule has 2 aromatic rings. The van der Waals surface area contributed by atoms with Crippen LogP contribution in [0.5, 0.6) is 0 Å². The van der Waals surface area contributed by atoms with Crippen molar-refractivity contribution in [2.45, 2.75) is 44.2 Å². The highest BCUT2D eigenvalue weighted by Gasteiger charge is 2.24. The van der Waals surface area contributed by atoms with Crippen LogP contribution in [-0.2, 0) is 0 Å². The summed E-state index contributed by atoms with van der Waals surface area (Å²) in [6.07, 6.45) is 4.22. The lowest BCUT2D eigenvalue weighted by molar-refractivity contribution is 0.0822. The average molecular weight is 307 g/mol. The van der Waals surface area contributed by atoms with Crippen molar-refractivity contribution in [1.29, 1.82) is 0 Å². The lowest BCUT2D eigenvalue weighted by Gasteiger charge is -2.21. The number of hydrogen-bond donors (Lipinski definition) is 2. The maximum atomic E-state index is 13.2. The van der Waals surface area contributed by atoms with Crippen molar-refractivity contribution in [3.63, 3.8) is 0 Å². The van der Waals surface area contributed by atoms with Crippen molar-refractivity contribution in [2.75, 3.05) is 0 Å². The van der Waals surface area contributed by atoms with Crippen molar-refractivity contribution in [3.05, 3.63) is 35.0 Å². The summed E-state index contributed by atoms with van der Waals surface area (Å²) < 4.78 is 14.1. The van der Waals surface area contributed by atoms with Gasteiger partial charge in [-0.1, -0.05) is 19.3 Å². The van der Waals surface area contributed by atoms with Crippen LogP contribution in [0.4, 0.5) is 4.39 Å². The zero-order chi connectivity index (χ0) is 14.8. The van der Waals surface area contributed by atoms with E-state index in [0.29, 0.717) is 4.88 Å². The number of rotatable bonds is 2. The topological polar surface area (TPSA) is 49.3 Å². The lowest BCUT2D eigenvalue weighted by atomic mass is 10.1. The summed E-state index contributed by atoms with van der Waals surface area (Å²) in [6.45, 7) is 0. The summed E-state index contributed by atoms with van der Waals surface area (Å²) >= 11 is 1.35. The van der Waals surface area contributed by atoms with E-state index in [9.17, 15) is 14.3 Å². The van der Waals surface area contributed by atoms with Gasteiger partial charge in [0.2, 0.25) is 0 Å². The number of halogens is 1. The monoisotopic (exact) mass is 307 g/mol. The van der Waals surface area contributed by atoms with Crippen molar-refractivity contribution >= 4 is 27.3 Å². The van der Waals surface area contributed by atoms with Crippen LogP contribution in [0, 0.1) is 5.82 Å². The van der Waals surface area contributed by atoms with Gasteiger partial charge in [-0.15, -0.1) is 11.3 Å². The molecule has 1 saturated carbocycles. The highest BCUT2D eigenvalue weighted by atomic mass is 32.1. The van der Waals surface area contributed by atoms with E-state index in [1.54, 1.807) is 12.1 Å². The van der Waals surface area contributed by atoms with Crippen molar-refractivity contribution in [1.82, 2.24) is 5.32 Å². The molecular weight excluding hydrogens is 289 g/mol. The molecule has 112 valence electrons. The third-order valence-electron chi connectivity index (χ3n) is 4.00. The van der Waals surface area contributed by atoms with Gasteiger partial charge in [-0.2, -0.15) is 0 Å². The highest BCUT2D eigenvalue weighted by molar-refractivity contribution is 7.20. The van der Waals surface area contributed by atoms with Crippen LogP contribution in [-0.4, -0.2) is 23.2 Å². The Morgan fingerprint density at radius 1 is 1.24 bits per heavy atom. The molecule has 0 aliphatic heterocycles. The van der Waals surface area contributed by atoms with Crippen LogP contribution in [0.25, 0.3) is 10.1 Å². The second kappa shape index (κ2) is 6.12. The van der Waals surface area contributed by atoms with Crippen LogP contribution >= 0.6 is 11.3 Å². The summed E-state index contributed by atoms with van der Waals surface area (Å²) in [4.78, 5) is 12.9. The van der Waals surface area contributed by atoms with E-state index in [-0.39, 0.29) is 17.8 Å². The standard InChI is InChI=1S/C16H18FNO2S/c17-11-6-7-14-10(8-11)9-15(21-14)16(20)18-12-4-2-1-3-5-13(12)19/h6-9,12-13,19H,1-5H2,(H,18,20). The first kappa shape index (κ1) is 14.5. The maximum Gasteiger partial charge on any atom is 0.261 e. The van der Waals surface area contributed by atoms with E-state index < -0.39 is 6.10 Å². The Bertz CT molecular complexity index is 655. The normalized spacial score (nSPS) is 23.0. The van der Waals surface area contributed by atoms with E-state index in [2.05, 4.69) is 5.32 Å². The third-order valence-corrected chi connectivity index (χ3v) is 5.11. The fraction of sp³-hybridized carbons (Fsp3) is 0.438. The Kier molecular flexibility index (Phi) is 4.22. The van der Waals surface area contributed by atoms with Gasteiger partial charge in [0.25, 0.3) is 5.91 Å². The molecule has 1 amide bonds. The quantitative estimate of drug-likeness (QED) is 0.835. The van der Waals surface area contributed by atoms with E-state index in [1.165, 1.54) is 23.5 Å². The molecule has 2 atom stereocenters. The second-order valence-corrected chi connectivity index (χ2v) is 6.66. The first-order chi connectivity index (χ1) is 10.1. The van der Waals surface area contributed by atoms with Crippen molar-refractivity contribution < 1.29 is 14.3 Å². The van der Waals surface area contributed by atoms with Crippen LogP contribution in [0.3, 0.4) is 0 Å². The molecule has 1 aromatic carbocycles. The molecular formula is C16H18FNO2S. The van der Waals surface area contributed by atoms with E-state index >= 15 is 0 Å². The summed E-state index contributed by atoms with van der Waals surface area (Å²) in [6, 6.07) is 6.05. The first-order valence-electron chi connectivity index (χ1n) is 7.31. The van der Waals surface area contributed by atoms with Crippen LogP contribution in [0.2, 0.25) is 0 Å². The molecule has 1 aromatic heterocycles. The summed E-state index contributed by atoms with van der Waals surface area (Å²) in [5.41, 5.74) is 0. The predicted molar refractivity (Wildman–Crippen MR) is 82.1 cm³/mol. The fourth-order valence-electron chi connectivity index (χ4n) is 2.82. The molecule has 0 bridgehead atoms. The largest absolute Gasteiger partial charge is 0.391 e. The third kappa shape index (κ3) is 3.24. The number of benzene rings is 1. The molecule has 0 radical (unpaired) electrons. The predicted octanol–water partition coefficient (Wildman–Crippen LogP) is 3.46. The van der Waals surface area contributed by atoms with Gasteiger partial charge in [0, 0.05) is 4.70 Å². The van der Waals surface area contributed by atoms with Crippen LogP contribution < -0.4 is 5.32 Å². The lowest BCUT2D eigenvalue weighted by Crippen LogP contribution is -2.42. The second-order valence-electron chi connectivity index (χ2n) is 5.58. The zero-order valence-electron chi connectivity index (χ0n) is 11.6. The molecule has 1 fully saturated rings. The molecule has 1 aliphatic rings. The minimum Gasteiger partial charge on any atom is -0.391 e. The maximum absolute atomic E-state index is 13.2. The molecule has 2 N–H and O–H groups in total. The number of thiophene rings is 1. The minimum atomic E-state index is -0.469. The van der Waals surface area contributed by atoms with Gasteiger partial charge >= 0.3 is 0 Å². The number of fused-ring (bicyclic) bond motifs is 1. The van der Waals surface area contributed by atoms with Gasteiger partial charge in [-0.3, -0.25) is 4.79 Å². The minimum absolute atomic E-state index is 0.178. The molecule has 1 heterocycles. The van der Waals surface area contributed by atoms with Crippen LogP contribution in [0.1, 0.15) is 41.8 Å². The van der Waals surface area contributed by atoms with Gasteiger partial charge in [-0.05, 0) is 42.5 Å². The van der Waals surface area contributed by atoms with Gasteiger partial charge in [0.15, 0.2) is 0 Å². The fourth-order valence-corrected chi connectivity index (χ4v) is 3.77. The highest BCUT2D eigenvalue weighted by Crippen LogP contribution is 2.27. The molecule has 3 nitrogen and oxygen atoms in total. The first-order valence-corrected chi connectivity index (χ1v) is 8.13. The number of nitrogens with one attached hydrogen (secondary N) is 1. The Balaban J connectivity index is 1.76. The van der Waals surface area contributed by atoms with E-state index in [1.807, 2.05) is 0 Å². The number of hydrogen-bond acceptors (Lipinski definition) is 3. The number of aliphatic hydroxyl groups excluding tert-OH is 1. The Labute approximate surface area is 126 Å². The Morgan fingerprint density at radius 3 is 2.90 bits per heavy atom. The Hall–Kier alpha value is -1.46. The van der Waals surface area contributed by atoms with Gasteiger partial charge in [0.1, 0.15) is 5.82 Å².